The van der Waals surface area contributed by atoms with Crippen molar-refractivity contribution in [2.24, 2.45) is 0 Å². The summed E-state index contributed by atoms with van der Waals surface area (Å²) >= 11 is 0. The number of aromatic nitrogens is 1. The van der Waals surface area contributed by atoms with Gasteiger partial charge in [-0.05, 0) is 43.3 Å². The topological polar surface area (TPSA) is 45.2 Å². The molecule has 0 bridgehead atoms. The van der Waals surface area contributed by atoms with Crippen molar-refractivity contribution in [3.63, 3.8) is 0 Å². The third kappa shape index (κ3) is 3.85. The molecule has 3 rings (SSSR count). The molecule has 0 atom stereocenters. The molecule has 1 heterocycles. The van der Waals surface area contributed by atoms with Crippen LogP contribution in [0.15, 0.2) is 66.9 Å². The summed E-state index contributed by atoms with van der Waals surface area (Å²) in [5, 5.41) is 2.50. The van der Waals surface area contributed by atoms with Gasteiger partial charge in [0.15, 0.2) is 11.6 Å². The molecule has 1 amide bonds. The SMILES string of the molecule is CCN(c1ccccc1)c1ccc(C(=O)Nc2ccc(F)c(F)c2)nc1. The predicted molar refractivity (Wildman–Crippen MR) is 97.7 cm³/mol. The van der Waals surface area contributed by atoms with E-state index in [1.54, 1.807) is 18.3 Å². The monoisotopic (exact) mass is 353 g/mol. The van der Waals surface area contributed by atoms with E-state index in [0.717, 1.165) is 30.1 Å². The minimum Gasteiger partial charge on any atom is -0.341 e. The molecule has 1 N–H and O–H groups in total. The minimum absolute atomic E-state index is 0.166. The van der Waals surface area contributed by atoms with Gasteiger partial charge in [-0.25, -0.2) is 13.8 Å². The van der Waals surface area contributed by atoms with E-state index in [1.165, 1.54) is 6.07 Å². The fourth-order valence-corrected chi connectivity index (χ4v) is 2.57. The molecule has 0 radical (unpaired) electrons. The molecule has 3 aromatic rings. The van der Waals surface area contributed by atoms with Crippen LogP contribution >= 0.6 is 0 Å². The van der Waals surface area contributed by atoms with Crippen molar-refractivity contribution in [2.75, 3.05) is 16.8 Å². The highest BCUT2D eigenvalue weighted by Gasteiger charge is 2.12. The molecular weight excluding hydrogens is 336 g/mol. The molecule has 6 heteroatoms. The summed E-state index contributed by atoms with van der Waals surface area (Å²) in [5.74, 6) is -2.48. The van der Waals surface area contributed by atoms with Crippen molar-refractivity contribution in [2.45, 2.75) is 6.92 Å². The van der Waals surface area contributed by atoms with Crippen LogP contribution in [0.4, 0.5) is 25.8 Å². The predicted octanol–water partition coefficient (Wildman–Crippen LogP) is 4.77. The summed E-state index contributed by atoms with van der Waals surface area (Å²) in [6.07, 6.45) is 1.61. The standard InChI is InChI=1S/C20H17F2N3O/c1-2-25(15-6-4-3-5-7-15)16-9-11-19(23-13-16)20(26)24-14-8-10-17(21)18(22)12-14/h3-13H,2H2,1H3,(H,24,26). The number of para-hydroxylation sites is 1. The van der Waals surface area contributed by atoms with Crippen molar-refractivity contribution in [3.05, 3.63) is 84.2 Å². The molecule has 0 unspecified atom stereocenters. The number of amides is 1. The van der Waals surface area contributed by atoms with E-state index < -0.39 is 17.5 Å². The van der Waals surface area contributed by atoms with Gasteiger partial charge in [-0.1, -0.05) is 18.2 Å². The van der Waals surface area contributed by atoms with Gasteiger partial charge in [0.25, 0.3) is 5.91 Å². The van der Waals surface area contributed by atoms with Gasteiger partial charge in [0.05, 0.1) is 11.9 Å². The maximum Gasteiger partial charge on any atom is 0.274 e. The van der Waals surface area contributed by atoms with Crippen molar-refractivity contribution in [1.29, 1.82) is 0 Å². The first-order chi connectivity index (χ1) is 12.6. The molecule has 0 saturated heterocycles. The van der Waals surface area contributed by atoms with Crippen LogP contribution in [0.2, 0.25) is 0 Å². The summed E-state index contributed by atoms with van der Waals surface area (Å²) in [5.41, 5.74) is 2.22. The first kappa shape index (κ1) is 17.5. The second-order valence-electron chi connectivity index (χ2n) is 5.56. The van der Waals surface area contributed by atoms with Gasteiger partial charge in [0.2, 0.25) is 0 Å². The highest BCUT2D eigenvalue weighted by molar-refractivity contribution is 6.03. The Balaban J connectivity index is 1.76. The number of anilines is 3. The number of halogens is 2. The lowest BCUT2D eigenvalue weighted by atomic mass is 10.2. The Morgan fingerprint density at radius 3 is 2.38 bits per heavy atom. The van der Waals surface area contributed by atoms with Crippen LogP contribution in [0.5, 0.6) is 0 Å². The molecule has 0 fully saturated rings. The van der Waals surface area contributed by atoms with E-state index in [1.807, 2.05) is 37.3 Å². The van der Waals surface area contributed by atoms with Gasteiger partial charge in [0, 0.05) is 24.0 Å². The van der Waals surface area contributed by atoms with Crippen molar-refractivity contribution < 1.29 is 13.6 Å². The number of hydrogen-bond acceptors (Lipinski definition) is 3. The molecule has 0 aliphatic heterocycles. The molecule has 0 aliphatic rings. The molecular formula is C20H17F2N3O. The van der Waals surface area contributed by atoms with Crippen LogP contribution in [0.25, 0.3) is 0 Å². The van der Waals surface area contributed by atoms with Crippen molar-refractivity contribution in [3.8, 4) is 0 Å². The zero-order valence-corrected chi connectivity index (χ0v) is 14.1. The van der Waals surface area contributed by atoms with Gasteiger partial charge in [-0.15, -0.1) is 0 Å². The minimum atomic E-state index is -1.02. The summed E-state index contributed by atoms with van der Waals surface area (Å²) in [7, 11) is 0. The summed E-state index contributed by atoms with van der Waals surface area (Å²) in [4.78, 5) is 18.5. The lowest BCUT2D eigenvalue weighted by Crippen LogP contribution is -2.18. The van der Waals surface area contributed by atoms with Gasteiger partial charge in [0.1, 0.15) is 5.69 Å². The van der Waals surface area contributed by atoms with Crippen LogP contribution in [-0.2, 0) is 0 Å². The lowest BCUT2D eigenvalue weighted by Gasteiger charge is -2.22. The highest BCUT2D eigenvalue weighted by atomic mass is 19.2. The Labute approximate surface area is 150 Å². The van der Waals surface area contributed by atoms with Gasteiger partial charge in [-0.3, -0.25) is 4.79 Å². The molecule has 2 aromatic carbocycles. The van der Waals surface area contributed by atoms with Gasteiger partial charge in [-0.2, -0.15) is 0 Å². The van der Waals surface area contributed by atoms with E-state index >= 15 is 0 Å². The Hall–Kier alpha value is -3.28. The zero-order chi connectivity index (χ0) is 18.5. The smallest absolute Gasteiger partial charge is 0.274 e. The fourth-order valence-electron chi connectivity index (χ4n) is 2.57. The van der Waals surface area contributed by atoms with Crippen LogP contribution in [0.1, 0.15) is 17.4 Å². The van der Waals surface area contributed by atoms with E-state index in [9.17, 15) is 13.6 Å². The van der Waals surface area contributed by atoms with Crippen molar-refractivity contribution >= 4 is 23.0 Å². The first-order valence-corrected chi connectivity index (χ1v) is 8.13. The summed E-state index contributed by atoms with van der Waals surface area (Å²) < 4.78 is 26.2. The van der Waals surface area contributed by atoms with Crippen LogP contribution < -0.4 is 10.2 Å². The van der Waals surface area contributed by atoms with E-state index in [4.69, 9.17) is 0 Å². The van der Waals surface area contributed by atoms with Crippen molar-refractivity contribution in [1.82, 2.24) is 4.98 Å². The number of hydrogen-bond donors (Lipinski definition) is 1. The zero-order valence-electron chi connectivity index (χ0n) is 14.1. The average molecular weight is 353 g/mol. The maximum atomic E-state index is 13.2. The molecule has 4 nitrogen and oxygen atoms in total. The second-order valence-corrected chi connectivity index (χ2v) is 5.56. The second kappa shape index (κ2) is 7.74. The number of pyridine rings is 1. The van der Waals surface area contributed by atoms with Gasteiger partial charge >= 0.3 is 0 Å². The first-order valence-electron chi connectivity index (χ1n) is 8.13. The third-order valence-electron chi connectivity index (χ3n) is 3.85. The Morgan fingerprint density at radius 1 is 1.00 bits per heavy atom. The Morgan fingerprint density at radius 2 is 1.77 bits per heavy atom. The summed E-state index contributed by atoms with van der Waals surface area (Å²) in [6.45, 7) is 2.77. The number of benzene rings is 2. The molecule has 0 saturated carbocycles. The normalized spacial score (nSPS) is 10.4. The van der Waals surface area contributed by atoms with Crippen LogP contribution in [0.3, 0.4) is 0 Å². The number of nitrogens with zero attached hydrogens (tertiary/aromatic N) is 2. The van der Waals surface area contributed by atoms with E-state index in [2.05, 4.69) is 15.2 Å². The van der Waals surface area contributed by atoms with Crippen LogP contribution in [0, 0.1) is 11.6 Å². The van der Waals surface area contributed by atoms with Crippen LogP contribution in [-0.4, -0.2) is 17.4 Å². The largest absolute Gasteiger partial charge is 0.341 e. The summed E-state index contributed by atoms with van der Waals surface area (Å²) in [6, 6.07) is 16.4. The molecule has 132 valence electrons. The molecule has 1 aromatic heterocycles. The number of carbonyl (C=O) groups excluding carboxylic acids is 1. The fraction of sp³-hybridized carbons (Fsp3) is 0.100. The molecule has 0 spiro atoms. The quantitative estimate of drug-likeness (QED) is 0.719. The molecule has 26 heavy (non-hydrogen) atoms. The lowest BCUT2D eigenvalue weighted by molar-refractivity contribution is 0.102. The van der Waals surface area contributed by atoms with E-state index in [0.29, 0.717) is 0 Å². The van der Waals surface area contributed by atoms with E-state index in [-0.39, 0.29) is 11.4 Å². The van der Waals surface area contributed by atoms with Gasteiger partial charge < -0.3 is 10.2 Å². The highest BCUT2D eigenvalue weighted by Crippen LogP contribution is 2.24. The number of carbonyl (C=O) groups is 1. The Bertz CT molecular complexity index is 899. The number of nitrogens with one attached hydrogen (secondary N) is 1. The number of rotatable bonds is 5. The molecule has 0 aliphatic carbocycles. The maximum absolute atomic E-state index is 13.2. The average Bonchev–Trinajstić information content (AvgIpc) is 2.67. The third-order valence-corrected chi connectivity index (χ3v) is 3.85. The Kier molecular flexibility index (Phi) is 5.22.